The maximum absolute atomic E-state index is 12.0. The van der Waals surface area contributed by atoms with Crippen molar-refractivity contribution in [3.63, 3.8) is 0 Å². The van der Waals surface area contributed by atoms with Gasteiger partial charge in [-0.25, -0.2) is 0 Å². The second-order valence-electron chi connectivity index (χ2n) is 3.56. The van der Waals surface area contributed by atoms with E-state index in [4.69, 9.17) is 11.6 Å². The smallest absolute Gasteiger partial charge is 0.198 e. The number of benzene rings is 1. The number of rotatable bonds is 2. The third-order valence-corrected chi connectivity index (χ3v) is 2.53. The number of carbonyl (C=O) groups is 1. The van der Waals surface area contributed by atoms with Crippen LogP contribution in [0.2, 0.25) is 5.02 Å². The van der Waals surface area contributed by atoms with Crippen LogP contribution < -0.4 is 0 Å². The Morgan fingerprint density at radius 3 is 2.69 bits per heavy atom. The van der Waals surface area contributed by atoms with E-state index in [-0.39, 0.29) is 17.1 Å². The molecular formula is C12H10ClNO2. The second-order valence-corrected chi connectivity index (χ2v) is 3.99. The molecule has 0 saturated carbocycles. The Hall–Kier alpha value is -1.74. The highest BCUT2D eigenvalue weighted by Gasteiger charge is 2.14. The first-order valence-electron chi connectivity index (χ1n) is 4.73. The molecule has 0 atom stereocenters. The van der Waals surface area contributed by atoms with Crippen LogP contribution in [0.4, 0.5) is 0 Å². The molecule has 0 aliphatic rings. The molecule has 0 bridgehead atoms. The van der Waals surface area contributed by atoms with Crippen LogP contribution in [-0.2, 0) is 7.05 Å². The highest BCUT2D eigenvalue weighted by molar-refractivity contribution is 6.31. The van der Waals surface area contributed by atoms with Crippen LogP contribution in [0.3, 0.4) is 0 Å². The number of aryl methyl sites for hydroxylation is 1. The Morgan fingerprint density at radius 1 is 1.38 bits per heavy atom. The topological polar surface area (TPSA) is 42.2 Å². The predicted molar refractivity (Wildman–Crippen MR) is 62.0 cm³/mol. The van der Waals surface area contributed by atoms with Crippen LogP contribution in [-0.4, -0.2) is 15.5 Å². The van der Waals surface area contributed by atoms with Crippen molar-refractivity contribution in [1.82, 2.24) is 4.57 Å². The van der Waals surface area contributed by atoms with Crippen molar-refractivity contribution in [3.05, 3.63) is 52.8 Å². The summed E-state index contributed by atoms with van der Waals surface area (Å²) in [6.45, 7) is 0. The van der Waals surface area contributed by atoms with E-state index in [0.29, 0.717) is 10.6 Å². The van der Waals surface area contributed by atoms with Gasteiger partial charge in [0.2, 0.25) is 0 Å². The third kappa shape index (κ3) is 1.95. The molecule has 0 aliphatic heterocycles. The maximum atomic E-state index is 12.0. The van der Waals surface area contributed by atoms with Crippen LogP contribution in [0.1, 0.15) is 15.9 Å². The minimum absolute atomic E-state index is 0.0960. The molecule has 1 aromatic heterocycles. The summed E-state index contributed by atoms with van der Waals surface area (Å²) in [6.07, 6.45) is 3.48. The summed E-state index contributed by atoms with van der Waals surface area (Å²) in [6, 6.07) is 6.17. The van der Waals surface area contributed by atoms with E-state index >= 15 is 0 Å². The Labute approximate surface area is 97.9 Å². The average molecular weight is 236 g/mol. The summed E-state index contributed by atoms with van der Waals surface area (Å²) >= 11 is 5.70. The number of aromatic hydroxyl groups is 1. The van der Waals surface area contributed by atoms with Gasteiger partial charge in [0, 0.05) is 30.0 Å². The number of hydrogen-bond acceptors (Lipinski definition) is 2. The van der Waals surface area contributed by atoms with Crippen LogP contribution in [0, 0.1) is 0 Å². The van der Waals surface area contributed by atoms with Crippen molar-refractivity contribution in [2.24, 2.45) is 7.05 Å². The van der Waals surface area contributed by atoms with E-state index in [1.807, 2.05) is 7.05 Å². The van der Waals surface area contributed by atoms with Gasteiger partial charge in [0.05, 0.1) is 5.56 Å². The SMILES string of the molecule is Cn1ccc(C(=O)c2ccc(Cl)cc2O)c1. The molecule has 3 nitrogen and oxygen atoms in total. The zero-order valence-corrected chi connectivity index (χ0v) is 9.40. The van der Waals surface area contributed by atoms with E-state index in [1.54, 1.807) is 29.1 Å². The number of ketones is 1. The Kier molecular flexibility index (Phi) is 2.71. The van der Waals surface area contributed by atoms with Crippen LogP contribution in [0.15, 0.2) is 36.7 Å². The summed E-state index contributed by atoms with van der Waals surface area (Å²) in [5.74, 6) is -0.309. The molecule has 0 spiro atoms. The minimum atomic E-state index is -0.213. The lowest BCUT2D eigenvalue weighted by atomic mass is 10.1. The summed E-state index contributed by atoms with van der Waals surface area (Å²) < 4.78 is 1.78. The monoisotopic (exact) mass is 235 g/mol. The van der Waals surface area contributed by atoms with Gasteiger partial charge in [0.25, 0.3) is 0 Å². The minimum Gasteiger partial charge on any atom is -0.507 e. The summed E-state index contributed by atoms with van der Waals surface area (Å²) in [5.41, 5.74) is 0.802. The fraction of sp³-hybridized carbons (Fsp3) is 0.0833. The molecule has 0 aliphatic carbocycles. The van der Waals surface area contributed by atoms with Crippen molar-refractivity contribution in [2.45, 2.75) is 0 Å². The van der Waals surface area contributed by atoms with Crippen molar-refractivity contribution in [2.75, 3.05) is 0 Å². The summed E-state index contributed by atoms with van der Waals surface area (Å²) in [4.78, 5) is 12.0. The van der Waals surface area contributed by atoms with E-state index < -0.39 is 0 Å². The van der Waals surface area contributed by atoms with E-state index in [9.17, 15) is 9.90 Å². The molecule has 0 unspecified atom stereocenters. The number of carbonyl (C=O) groups excluding carboxylic acids is 1. The fourth-order valence-electron chi connectivity index (χ4n) is 1.49. The molecular weight excluding hydrogens is 226 g/mol. The van der Waals surface area contributed by atoms with Crippen LogP contribution in [0.25, 0.3) is 0 Å². The standard InChI is InChI=1S/C12H10ClNO2/c1-14-5-4-8(7-14)12(16)10-3-2-9(13)6-11(10)15/h2-7,15H,1H3. The highest BCUT2D eigenvalue weighted by atomic mass is 35.5. The molecule has 0 saturated heterocycles. The number of hydrogen-bond donors (Lipinski definition) is 1. The van der Waals surface area contributed by atoms with Gasteiger partial charge in [-0.3, -0.25) is 4.79 Å². The molecule has 1 aromatic carbocycles. The molecule has 4 heteroatoms. The predicted octanol–water partition coefficient (Wildman–Crippen LogP) is 2.62. The first-order valence-corrected chi connectivity index (χ1v) is 5.11. The number of aromatic nitrogens is 1. The number of phenolic OH excluding ortho intramolecular Hbond substituents is 1. The van der Waals surface area contributed by atoms with E-state index in [0.717, 1.165) is 0 Å². The number of nitrogens with zero attached hydrogens (tertiary/aromatic N) is 1. The first-order chi connectivity index (χ1) is 7.58. The normalized spacial score (nSPS) is 10.4. The summed E-state index contributed by atoms with van der Waals surface area (Å²) in [7, 11) is 1.83. The maximum Gasteiger partial charge on any atom is 0.198 e. The molecule has 0 fully saturated rings. The van der Waals surface area contributed by atoms with E-state index in [1.165, 1.54) is 12.1 Å². The van der Waals surface area contributed by atoms with Crippen molar-refractivity contribution >= 4 is 17.4 Å². The molecule has 0 amide bonds. The van der Waals surface area contributed by atoms with Gasteiger partial charge in [0.15, 0.2) is 5.78 Å². The molecule has 16 heavy (non-hydrogen) atoms. The Balaban J connectivity index is 2.41. The highest BCUT2D eigenvalue weighted by Crippen LogP contribution is 2.24. The Morgan fingerprint density at radius 2 is 2.12 bits per heavy atom. The first kappa shape index (κ1) is 10.8. The zero-order valence-electron chi connectivity index (χ0n) is 8.64. The Bertz CT molecular complexity index is 546. The quantitative estimate of drug-likeness (QED) is 0.813. The van der Waals surface area contributed by atoms with E-state index in [2.05, 4.69) is 0 Å². The lowest BCUT2D eigenvalue weighted by Crippen LogP contribution is -2.00. The van der Waals surface area contributed by atoms with Crippen LogP contribution in [0.5, 0.6) is 5.75 Å². The molecule has 2 rings (SSSR count). The molecule has 2 aromatic rings. The zero-order chi connectivity index (χ0) is 11.7. The van der Waals surface area contributed by atoms with Gasteiger partial charge in [-0.2, -0.15) is 0 Å². The molecule has 0 radical (unpaired) electrons. The fourth-order valence-corrected chi connectivity index (χ4v) is 1.66. The molecule has 1 heterocycles. The number of halogens is 1. The molecule has 1 N–H and O–H groups in total. The lowest BCUT2D eigenvalue weighted by Gasteiger charge is -2.02. The van der Waals surface area contributed by atoms with Gasteiger partial charge in [-0.1, -0.05) is 11.6 Å². The molecule has 82 valence electrons. The largest absolute Gasteiger partial charge is 0.507 e. The van der Waals surface area contributed by atoms with Gasteiger partial charge >= 0.3 is 0 Å². The van der Waals surface area contributed by atoms with Crippen molar-refractivity contribution < 1.29 is 9.90 Å². The average Bonchev–Trinajstić information content (AvgIpc) is 2.64. The van der Waals surface area contributed by atoms with Gasteiger partial charge < -0.3 is 9.67 Å². The third-order valence-electron chi connectivity index (χ3n) is 2.30. The van der Waals surface area contributed by atoms with Crippen molar-refractivity contribution in [3.8, 4) is 5.75 Å². The van der Waals surface area contributed by atoms with Gasteiger partial charge in [-0.15, -0.1) is 0 Å². The van der Waals surface area contributed by atoms with Crippen LogP contribution >= 0.6 is 11.6 Å². The van der Waals surface area contributed by atoms with Gasteiger partial charge in [-0.05, 0) is 24.3 Å². The lowest BCUT2D eigenvalue weighted by molar-refractivity contribution is 0.103. The van der Waals surface area contributed by atoms with Gasteiger partial charge in [0.1, 0.15) is 5.75 Å². The summed E-state index contributed by atoms with van der Waals surface area (Å²) in [5, 5.41) is 10.0. The number of phenols is 1. The second kappa shape index (κ2) is 4.02. The van der Waals surface area contributed by atoms with Crippen molar-refractivity contribution in [1.29, 1.82) is 0 Å².